The lowest BCUT2D eigenvalue weighted by Gasteiger charge is -2.75. The third-order valence-corrected chi connectivity index (χ3v) is 18.0. The molecular formula is C41H57NO2. The number of ether oxygens (including phenoxy) is 1. The molecule has 0 aromatic carbocycles. The zero-order valence-electron chi connectivity index (χ0n) is 28.1. The van der Waals surface area contributed by atoms with Crippen LogP contribution in [-0.2, 0) is 4.74 Å². The van der Waals surface area contributed by atoms with Crippen LogP contribution < -0.4 is 0 Å². The van der Waals surface area contributed by atoms with Gasteiger partial charge < -0.3 is 9.84 Å². The molecule has 238 valence electrons. The van der Waals surface area contributed by atoms with Crippen molar-refractivity contribution >= 4 is 0 Å². The second-order valence-corrected chi connectivity index (χ2v) is 18.2. The highest BCUT2D eigenvalue weighted by molar-refractivity contribution is 5.63. The van der Waals surface area contributed by atoms with Crippen molar-refractivity contribution in [2.24, 2.45) is 50.7 Å². The number of nitrogens with zero attached hydrogens (tertiary/aromatic N) is 1. The van der Waals surface area contributed by atoms with Gasteiger partial charge in [0.2, 0.25) is 0 Å². The summed E-state index contributed by atoms with van der Waals surface area (Å²) in [6.45, 7) is 12.8. The fourth-order valence-corrected chi connectivity index (χ4v) is 16.8. The largest absolute Gasteiger partial charge is 0.396 e. The summed E-state index contributed by atoms with van der Waals surface area (Å²) < 4.78 is 6.52. The Labute approximate surface area is 266 Å². The van der Waals surface area contributed by atoms with Crippen molar-refractivity contribution in [3.63, 3.8) is 0 Å². The highest BCUT2D eigenvalue weighted by atomic mass is 16.5. The molecular weight excluding hydrogens is 538 g/mol. The van der Waals surface area contributed by atoms with Crippen LogP contribution in [0.25, 0.3) is 0 Å². The summed E-state index contributed by atoms with van der Waals surface area (Å²) in [6.07, 6.45) is 32.8. The number of aliphatic hydroxyl groups excluding tert-OH is 1. The molecule has 3 aliphatic heterocycles. The van der Waals surface area contributed by atoms with Gasteiger partial charge in [0, 0.05) is 41.5 Å². The fraction of sp³-hybridized carbons (Fsp3) is 0.805. The van der Waals surface area contributed by atoms with Gasteiger partial charge in [-0.2, -0.15) is 0 Å². The lowest BCUT2D eigenvalue weighted by atomic mass is 9.30. The Bertz CT molecular complexity index is 1440. The van der Waals surface area contributed by atoms with Crippen molar-refractivity contribution < 1.29 is 9.84 Å². The number of allylic oxidation sites excluding steroid dienone is 3. The molecule has 11 rings (SSSR count). The molecule has 3 nitrogen and oxygen atoms in total. The van der Waals surface area contributed by atoms with Crippen LogP contribution in [0, 0.1) is 50.7 Å². The van der Waals surface area contributed by atoms with E-state index in [1.807, 2.05) is 5.57 Å². The van der Waals surface area contributed by atoms with Gasteiger partial charge in [0.15, 0.2) is 0 Å². The summed E-state index contributed by atoms with van der Waals surface area (Å²) in [4.78, 5) is 3.18. The van der Waals surface area contributed by atoms with Crippen LogP contribution in [0.15, 0.2) is 47.1 Å². The summed E-state index contributed by atoms with van der Waals surface area (Å²) in [5.74, 6) is 3.11. The molecule has 44 heavy (non-hydrogen) atoms. The molecule has 1 saturated heterocycles. The summed E-state index contributed by atoms with van der Waals surface area (Å²) in [5.41, 5.74) is 7.10. The molecule has 5 spiro atoms. The van der Waals surface area contributed by atoms with E-state index in [1.54, 1.807) is 11.1 Å². The quantitative estimate of drug-likeness (QED) is 0.255. The highest BCUT2D eigenvalue weighted by Crippen LogP contribution is 2.92. The van der Waals surface area contributed by atoms with Crippen molar-refractivity contribution in [1.29, 1.82) is 0 Å². The molecule has 6 fully saturated rings. The van der Waals surface area contributed by atoms with Crippen molar-refractivity contribution in [3.05, 3.63) is 47.1 Å². The molecule has 13 atom stereocenters. The number of hydrogen-bond donors (Lipinski definition) is 1. The van der Waals surface area contributed by atoms with E-state index in [0.717, 1.165) is 37.2 Å². The van der Waals surface area contributed by atoms with Gasteiger partial charge in [0.05, 0.1) is 11.6 Å². The van der Waals surface area contributed by atoms with Gasteiger partial charge >= 0.3 is 0 Å². The minimum atomic E-state index is 0.0145. The van der Waals surface area contributed by atoms with Crippen LogP contribution in [0.4, 0.5) is 0 Å². The van der Waals surface area contributed by atoms with Crippen LogP contribution in [0.1, 0.15) is 118 Å². The molecule has 4 bridgehead atoms. The van der Waals surface area contributed by atoms with Gasteiger partial charge in [-0.25, -0.2) is 0 Å². The monoisotopic (exact) mass is 595 g/mol. The minimum Gasteiger partial charge on any atom is -0.396 e. The first kappa shape index (κ1) is 27.9. The van der Waals surface area contributed by atoms with Crippen LogP contribution in [0.2, 0.25) is 0 Å². The third-order valence-electron chi connectivity index (χ3n) is 18.0. The molecule has 11 aliphatic rings. The van der Waals surface area contributed by atoms with Crippen LogP contribution in [0.3, 0.4) is 0 Å². The van der Waals surface area contributed by atoms with E-state index in [1.165, 1.54) is 83.6 Å². The van der Waals surface area contributed by atoms with Crippen LogP contribution in [-0.4, -0.2) is 46.9 Å². The normalized spacial score (nSPS) is 58.3. The first-order chi connectivity index (χ1) is 21.3. The Morgan fingerprint density at radius 2 is 1.95 bits per heavy atom. The van der Waals surface area contributed by atoms with Gasteiger partial charge in [-0.05, 0) is 144 Å². The number of fused-ring (bicyclic) bond motifs is 2. The van der Waals surface area contributed by atoms with E-state index in [-0.39, 0.29) is 27.3 Å². The summed E-state index contributed by atoms with van der Waals surface area (Å²) >= 11 is 0. The van der Waals surface area contributed by atoms with Gasteiger partial charge in [-0.3, -0.25) is 4.90 Å². The fourth-order valence-electron chi connectivity index (χ4n) is 16.8. The Morgan fingerprint density at radius 1 is 1.07 bits per heavy atom. The smallest absolute Gasteiger partial charge is 0.0719 e. The van der Waals surface area contributed by atoms with E-state index in [9.17, 15) is 5.11 Å². The molecule has 0 aromatic heterocycles. The molecule has 3 heteroatoms. The summed E-state index contributed by atoms with van der Waals surface area (Å²) in [6, 6.07) is 0. The first-order valence-corrected chi connectivity index (χ1v) is 19.1. The van der Waals surface area contributed by atoms with Gasteiger partial charge in [0.25, 0.3) is 0 Å². The van der Waals surface area contributed by atoms with Crippen molar-refractivity contribution in [2.45, 2.75) is 135 Å². The van der Waals surface area contributed by atoms with Gasteiger partial charge in [0.1, 0.15) is 0 Å². The third kappa shape index (κ3) is 2.54. The SMILES string of the molecule is CCOC1CCC2CCC3(CC(C)C45CCC(C)=C4CC34C36C=CC7(C=CC3=CCC54C)C(CCCO)CCC73CN36)C2C1. The molecule has 1 N–H and O–H groups in total. The zero-order chi connectivity index (χ0) is 30.0. The van der Waals surface area contributed by atoms with E-state index in [0.29, 0.717) is 29.5 Å². The van der Waals surface area contributed by atoms with Crippen LogP contribution >= 0.6 is 0 Å². The molecule has 5 saturated carbocycles. The van der Waals surface area contributed by atoms with Crippen LogP contribution in [0.5, 0.6) is 0 Å². The molecule has 0 radical (unpaired) electrons. The number of aliphatic hydroxyl groups is 1. The maximum atomic E-state index is 9.83. The molecule has 0 amide bonds. The van der Waals surface area contributed by atoms with Crippen molar-refractivity contribution in [1.82, 2.24) is 4.90 Å². The predicted octanol–water partition coefficient (Wildman–Crippen LogP) is 8.55. The first-order valence-electron chi connectivity index (χ1n) is 19.1. The van der Waals surface area contributed by atoms with Crippen molar-refractivity contribution in [3.8, 4) is 0 Å². The van der Waals surface area contributed by atoms with E-state index in [2.05, 4.69) is 63.0 Å². The zero-order valence-corrected chi connectivity index (χ0v) is 28.1. The average molecular weight is 596 g/mol. The van der Waals surface area contributed by atoms with Gasteiger partial charge in [-0.15, -0.1) is 0 Å². The minimum absolute atomic E-state index is 0.0145. The number of hydrogen-bond acceptors (Lipinski definition) is 3. The lowest BCUT2D eigenvalue weighted by molar-refractivity contribution is -0.239. The molecule has 3 heterocycles. The molecule has 8 aliphatic carbocycles. The summed E-state index contributed by atoms with van der Waals surface area (Å²) in [5, 5.41) is 9.83. The Hall–Kier alpha value is -1.16. The second kappa shape index (κ2) is 8.46. The maximum Gasteiger partial charge on any atom is 0.0719 e. The highest BCUT2D eigenvalue weighted by Gasteiger charge is 2.90. The predicted molar refractivity (Wildman–Crippen MR) is 176 cm³/mol. The average Bonchev–Trinajstić information content (AvgIpc) is 3.43. The standard InChI is InChI=1S/C41H57NO2/c1-5-44-32-9-8-29-11-16-37(33(29)23-32)24-28(3)39-19-10-27(2)34(39)25-41(37)35(39,4)15-12-31-13-17-36-20-21-40(31,41)42-26-38(36,42)18-14-30(36)7-6-22-43/h12-13,17,20-21,28-30,32-33,43H,5-11,14-16,18-19,22-26H2,1-4H3. The van der Waals surface area contributed by atoms with E-state index < -0.39 is 0 Å². The van der Waals surface area contributed by atoms with Gasteiger partial charge in [-0.1, -0.05) is 55.4 Å². The second-order valence-electron chi connectivity index (χ2n) is 18.2. The summed E-state index contributed by atoms with van der Waals surface area (Å²) in [7, 11) is 0. The Kier molecular flexibility index (Phi) is 5.36. The molecule has 0 aromatic rings. The van der Waals surface area contributed by atoms with E-state index >= 15 is 0 Å². The van der Waals surface area contributed by atoms with E-state index in [4.69, 9.17) is 4.74 Å². The lowest BCUT2D eigenvalue weighted by Crippen LogP contribution is -2.75. The number of rotatable bonds is 5. The maximum absolute atomic E-state index is 9.83. The Balaban J connectivity index is 1.24. The topological polar surface area (TPSA) is 32.5 Å². The Morgan fingerprint density at radius 3 is 2.80 bits per heavy atom. The van der Waals surface area contributed by atoms with Crippen molar-refractivity contribution in [2.75, 3.05) is 19.8 Å². The molecule has 13 unspecified atom stereocenters.